The summed E-state index contributed by atoms with van der Waals surface area (Å²) >= 11 is 3.32. The molecule has 0 saturated carbocycles. The number of anilines is 1. The summed E-state index contributed by atoms with van der Waals surface area (Å²) in [5, 5.41) is 5.25. The molecule has 0 unspecified atom stereocenters. The van der Waals surface area contributed by atoms with E-state index in [2.05, 4.69) is 26.6 Å². The Bertz CT molecular complexity index is 930. The van der Waals surface area contributed by atoms with Gasteiger partial charge in [0, 0.05) is 22.5 Å². The second-order valence-electron chi connectivity index (χ2n) is 5.83. The van der Waals surface area contributed by atoms with Crippen LogP contribution in [0.4, 0.5) is 5.69 Å². The molecule has 0 heterocycles. The zero-order valence-electron chi connectivity index (χ0n) is 15.3. The van der Waals surface area contributed by atoms with E-state index in [1.54, 1.807) is 55.5 Å². The van der Waals surface area contributed by atoms with Gasteiger partial charge in [-0.3, -0.25) is 9.59 Å². The molecular formula is C19H21BrN2O5S. The van der Waals surface area contributed by atoms with Gasteiger partial charge in [-0.25, -0.2) is 8.42 Å². The number of nitrogens with one attached hydrogen (secondary N) is 2. The van der Waals surface area contributed by atoms with Crippen LogP contribution in [0.2, 0.25) is 0 Å². The van der Waals surface area contributed by atoms with Crippen molar-refractivity contribution in [2.75, 3.05) is 30.0 Å². The van der Waals surface area contributed by atoms with Crippen molar-refractivity contribution in [3.8, 4) is 5.75 Å². The summed E-state index contributed by atoms with van der Waals surface area (Å²) in [6.45, 7) is 1.29. The molecule has 0 aliphatic carbocycles. The summed E-state index contributed by atoms with van der Waals surface area (Å²) in [5.74, 6) is -0.699. The van der Waals surface area contributed by atoms with Gasteiger partial charge in [0.15, 0.2) is 16.4 Å². The molecule has 2 aromatic rings. The van der Waals surface area contributed by atoms with Crippen LogP contribution in [0.15, 0.2) is 53.0 Å². The third-order valence-electron chi connectivity index (χ3n) is 3.76. The first-order chi connectivity index (χ1) is 13.3. The minimum Gasteiger partial charge on any atom is -0.483 e. The van der Waals surface area contributed by atoms with Gasteiger partial charge in [0.05, 0.1) is 11.3 Å². The molecule has 0 aliphatic heterocycles. The maximum Gasteiger partial charge on any atom is 0.262 e. The van der Waals surface area contributed by atoms with E-state index in [0.717, 1.165) is 4.47 Å². The van der Waals surface area contributed by atoms with Crippen molar-refractivity contribution in [1.82, 2.24) is 5.32 Å². The van der Waals surface area contributed by atoms with Gasteiger partial charge in [-0.15, -0.1) is 0 Å². The highest BCUT2D eigenvalue weighted by molar-refractivity contribution is 9.10. The minimum atomic E-state index is -3.16. The molecule has 2 N–H and O–H groups in total. The number of hydrogen-bond donors (Lipinski definition) is 2. The zero-order valence-corrected chi connectivity index (χ0v) is 17.7. The van der Waals surface area contributed by atoms with Crippen LogP contribution < -0.4 is 15.4 Å². The Kier molecular flexibility index (Phi) is 8.01. The topological polar surface area (TPSA) is 102 Å². The molecule has 28 heavy (non-hydrogen) atoms. The number of ether oxygens (including phenoxy) is 1. The van der Waals surface area contributed by atoms with E-state index >= 15 is 0 Å². The number of halogens is 1. The van der Waals surface area contributed by atoms with Crippen LogP contribution in [-0.4, -0.2) is 44.9 Å². The summed E-state index contributed by atoms with van der Waals surface area (Å²) in [5.41, 5.74) is 0.854. The summed E-state index contributed by atoms with van der Waals surface area (Å²) < 4.78 is 29.4. The Morgan fingerprint density at radius 2 is 1.75 bits per heavy atom. The highest BCUT2D eigenvalue weighted by atomic mass is 79.9. The molecule has 0 aromatic heterocycles. The van der Waals surface area contributed by atoms with Crippen molar-refractivity contribution in [2.24, 2.45) is 0 Å². The van der Waals surface area contributed by atoms with E-state index in [1.165, 1.54) is 0 Å². The number of para-hydroxylation sites is 1. The lowest BCUT2D eigenvalue weighted by molar-refractivity contribution is -0.118. The minimum absolute atomic E-state index is 0.00734. The Labute approximate surface area is 172 Å². The first-order valence-corrected chi connectivity index (χ1v) is 11.2. The maximum atomic E-state index is 12.3. The van der Waals surface area contributed by atoms with E-state index in [1.807, 2.05) is 0 Å². The summed E-state index contributed by atoms with van der Waals surface area (Å²) in [6.07, 6.45) is 0. The summed E-state index contributed by atoms with van der Waals surface area (Å²) in [7, 11) is -3.16. The van der Waals surface area contributed by atoms with Crippen molar-refractivity contribution >= 4 is 43.3 Å². The highest BCUT2D eigenvalue weighted by Gasteiger charge is 2.14. The second kappa shape index (κ2) is 10.2. The fourth-order valence-corrected chi connectivity index (χ4v) is 3.18. The van der Waals surface area contributed by atoms with Gasteiger partial charge in [0.25, 0.3) is 11.8 Å². The number of sulfone groups is 1. The predicted octanol–water partition coefficient (Wildman–Crippen LogP) is 2.63. The van der Waals surface area contributed by atoms with Crippen LogP contribution in [0.3, 0.4) is 0 Å². The maximum absolute atomic E-state index is 12.3. The molecule has 0 bridgehead atoms. The smallest absolute Gasteiger partial charge is 0.262 e. The van der Waals surface area contributed by atoms with Gasteiger partial charge in [0.2, 0.25) is 0 Å². The van der Waals surface area contributed by atoms with Crippen LogP contribution in [0.5, 0.6) is 5.75 Å². The van der Waals surface area contributed by atoms with Crippen molar-refractivity contribution in [1.29, 1.82) is 0 Å². The normalized spacial score (nSPS) is 10.9. The largest absolute Gasteiger partial charge is 0.483 e. The standard InChI is InChI=1S/C19H21BrN2O5S/c1-2-28(25,26)12-11-21-19(24)16-5-3-4-6-17(16)27-13-18(23)22-15-9-7-14(20)8-10-15/h3-10H,2,11-13H2,1H3,(H,21,24)(H,22,23). The number of benzene rings is 2. The average molecular weight is 469 g/mol. The molecule has 9 heteroatoms. The molecule has 0 saturated heterocycles. The van der Waals surface area contributed by atoms with Crippen molar-refractivity contribution in [2.45, 2.75) is 6.92 Å². The zero-order chi connectivity index (χ0) is 20.6. The molecule has 7 nitrogen and oxygen atoms in total. The molecule has 2 amide bonds. The number of hydrogen-bond acceptors (Lipinski definition) is 5. The third kappa shape index (κ3) is 6.97. The highest BCUT2D eigenvalue weighted by Crippen LogP contribution is 2.18. The van der Waals surface area contributed by atoms with Crippen LogP contribution >= 0.6 is 15.9 Å². The van der Waals surface area contributed by atoms with Crippen LogP contribution in [0.25, 0.3) is 0 Å². The van der Waals surface area contributed by atoms with Gasteiger partial charge in [-0.1, -0.05) is 35.0 Å². The SMILES string of the molecule is CCS(=O)(=O)CCNC(=O)c1ccccc1OCC(=O)Nc1ccc(Br)cc1. The van der Waals surface area contributed by atoms with E-state index < -0.39 is 15.7 Å². The van der Waals surface area contributed by atoms with E-state index in [0.29, 0.717) is 5.69 Å². The molecule has 2 aromatic carbocycles. The van der Waals surface area contributed by atoms with Crippen molar-refractivity contribution in [3.05, 3.63) is 58.6 Å². The summed E-state index contributed by atoms with van der Waals surface area (Å²) in [6, 6.07) is 13.5. The molecule has 0 radical (unpaired) electrons. The first kappa shape index (κ1) is 21.9. The Hall–Kier alpha value is -2.39. The fourth-order valence-electron chi connectivity index (χ4n) is 2.21. The molecule has 150 valence electrons. The molecule has 0 atom stereocenters. The fraction of sp³-hybridized carbons (Fsp3) is 0.263. The monoisotopic (exact) mass is 468 g/mol. The first-order valence-electron chi connectivity index (χ1n) is 8.56. The molecule has 0 spiro atoms. The van der Waals surface area contributed by atoms with Gasteiger partial charge >= 0.3 is 0 Å². The van der Waals surface area contributed by atoms with Crippen LogP contribution in [0.1, 0.15) is 17.3 Å². The summed E-state index contributed by atoms with van der Waals surface area (Å²) in [4.78, 5) is 24.4. The Morgan fingerprint density at radius 3 is 2.43 bits per heavy atom. The average Bonchev–Trinajstić information content (AvgIpc) is 2.68. The predicted molar refractivity (Wildman–Crippen MR) is 111 cm³/mol. The van der Waals surface area contributed by atoms with Gasteiger partial charge in [0.1, 0.15) is 5.75 Å². The quantitative estimate of drug-likeness (QED) is 0.588. The number of amides is 2. The molecular weight excluding hydrogens is 448 g/mol. The second-order valence-corrected chi connectivity index (χ2v) is 9.22. The van der Waals surface area contributed by atoms with Crippen LogP contribution in [0, 0.1) is 0 Å². The lowest BCUT2D eigenvalue weighted by Gasteiger charge is -2.12. The molecule has 2 rings (SSSR count). The van der Waals surface area contributed by atoms with Gasteiger partial charge < -0.3 is 15.4 Å². The van der Waals surface area contributed by atoms with Gasteiger partial charge in [-0.2, -0.15) is 0 Å². The molecule has 0 fully saturated rings. The molecule has 0 aliphatic rings. The lowest BCUT2D eigenvalue weighted by atomic mass is 10.2. The Morgan fingerprint density at radius 1 is 1.07 bits per heavy atom. The number of rotatable bonds is 9. The number of carbonyl (C=O) groups is 2. The van der Waals surface area contributed by atoms with Crippen LogP contribution in [-0.2, 0) is 14.6 Å². The van der Waals surface area contributed by atoms with Crippen molar-refractivity contribution in [3.63, 3.8) is 0 Å². The van der Waals surface area contributed by atoms with E-state index in [9.17, 15) is 18.0 Å². The van der Waals surface area contributed by atoms with Crippen molar-refractivity contribution < 1.29 is 22.7 Å². The van der Waals surface area contributed by atoms with Gasteiger partial charge in [-0.05, 0) is 36.4 Å². The number of carbonyl (C=O) groups excluding carboxylic acids is 2. The van der Waals surface area contributed by atoms with E-state index in [-0.39, 0.29) is 41.9 Å². The van der Waals surface area contributed by atoms with E-state index in [4.69, 9.17) is 4.74 Å². The lowest BCUT2D eigenvalue weighted by Crippen LogP contribution is -2.30. The third-order valence-corrected chi connectivity index (χ3v) is 5.99. The Balaban J connectivity index is 1.92.